The molecular formula is C19H34O8. The predicted molar refractivity (Wildman–Crippen MR) is 96.2 cm³/mol. The minimum atomic E-state index is -0.865. The minimum absolute atomic E-state index is 0.0452. The van der Waals surface area contributed by atoms with E-state index in [1.54, 1.807) is 14.2 Å². The Morgan fingerprint density at radius 2 is 1.70 bits per heavy atom. The third-order valence-electron chi connectivity index (χ3n) is 5.97. The lowest BCUT2D eigenvalue weighted by Gasteiger charge is -2.40. The molecule has 2 saturated carbocycles. The molecule has 0 aromatic carbocycles. The summed E-state index contributed by atoms with van der Waals surface area (Å²) in [5, 5.41) is 21.1. The van der Waals surface area contributed by atoms with E-state index >= 15 is 0 Å². The van der Waals surface area contributed by atoms with Crippen molar-refractivity contribution in [2.75, 3.05) is 35.0 Å². The van der Waals surface area contributed by atoms with Gasteiger partial charge < -0.3 is 33.9 Å². The molecule has 2 fully saturated rings. The summed E-state index contributed by atoms with van der Waals surface area (Å²) in [7, 11) is 6.14. The topological polar surface area (TPSA) is 104 Å². The van der Waals surface area contributed by atoms with Gasteiger partial charge in [-0.15, -0.1) is 0 Å². The third kappa shape index (κ3) is 5.40. The summed E-state index contributed by atoms with van der Waals surface area (Å²) in [4.78, 5) is 11.8. The van der Waals surface area contributed by atoms with Crippen LogP contribution in [0.1, 0.15) is 32.1 Å². The van der Waals surface area contributed by atoms with Gasteiger partial charge in [-0.1, -0.05) is 6.42 Å². The van der Waals surface area contributed by atoms with Crippen LogP contribution in [-0.4, -0.2) is 87.9 Å². The number of esters is 1. The van der Waals surface area contributed by atoms with Gasteiger partial charge in [0.25, 0.3) is 0 Å². The number of methoxy groups -OCH3 is 4. The molecule has 0 spiro atoms. The fraction of sp³-hybridized carbons (Fsp3) is 0.947. The molecule has 0 aromatic heterocycles. The monoisotopic (exact) mass is 390 g/mol. The van der Waals surface area contributed by atoms with Gasteiger partial charge in [-0.3, -0.25) is 4.79 Å². The molecule has 8 nitrogen and oxygen atoms in total. The molecule has 158 valence electrons. The molecule has 8 unspecified atom stereocenters. The summed E-state index contributed by atoms with van der Waals surface area (Å²) in [5.74, 6) is -0.873. The van der Waals surface area contributed by atoms with E-state index in [4.69, 9.17) is 23.7 Å². The third-order valence-corrected chi connectivity index (χ3v) is 5.97. The van der Waals surface area contributed by atoms with Gasteiger partial charge in [-0.25, -0.2) is 0 Å². The van der Waals surface area contributed by atoms with Gasteiger partial charge in [0.05, 0.1) is 50.2 Å². The van der Waals surface area contributed by atoms with Crippen molar-refractivity contribution in [1.29, 1.82) is 0 Å². The van der Waals surface area contributed by atoms with E-state index in [1.807, 2.05) is 0 Å². The fourth-order valence-corrected chi connectivity index (χ4v) is 4.47. The predicted octanol–water partition coefficient (Wildman–Crippen LogP) is 0.522. The Kier molecular flexibility index (Phi) is 8.91. The van der Waals surface area contributed by atoms with Gasteiger partial charge in [0, 0.05) is 27.2 Å². The number of hydrogen-bond acceptors (Lipinski definition) is 8. The molecule has 2 aliphatic carbocycles. The number of ether oxygens (including phenoxy) is 5. The second-order valence-corrected chi connectivity index (χ2v) is 7.47. The van der Waals surface area contributed by atoms with E-state index < -0.39 is 30.3 Å². The van der Waals surface area contributed by atoms with Crippen LogP contribution >= 0.6 is 0 Å². The Morgan fingerprint density at radius 3 is 2.30 bits per heavy atom. The zero-order chi connectivity index (χ0) is 20.0. The van der Waals surface area contributed by atoms with Crippen molar-refractivity contribution in [3.05, 3.63) is 0 Å². The molecule has 27 heavy (non-hydrogen) atoms. The maximum atomic E-state index is 11.8. The van der Waals surface area contributed by atoms with Gasteiger partial charge in [-0.05, 0) is 25.7 Å². The Labute approximate surface area is 161 Å². The molecule has 0 heterocycles. The second kappa shape index (κ2) is 10.7. The highest BCUT2D eigenvalue weighted by molar-refractivity contribution is 5.72. The number of aliphatic hydroxyl groups is 2. The molecule has 0 aromatic rings. The lowest BCUT2D eigenvalue weighted by atomic mass is 9.80. The summed E-state index contributed by atoms with van der Waals surface area (Å²) in [6.45, 7) is 0.0610. The summed E-state index contributed by atoms with van der Waals surface area (Å²) in [6.07, 6.45) is 0.460. The highest BCUT2D eigenvalue weighted by Crippen LogP contribution is 2.33. The number of rotatable bonds is 8. The lowest BCUT2D eigenvalue weighted by molar-refractivity contribution is -0.180. The summed E-state index contributed by atoms with van der Waals surface area (Å²) in [5.41, 5.74) is 0. The Hall–Kier alpha value is -0.770. The first-order chi connectivity index (χ1) is 13.0. The van der Waals surface area contributed by atoms with Crippen LogP contribution in [-0.2, 0) is 28.5 Å². The smallest absolute Gasteiger partial charge is 0.308 e. The fourth-order valence-electron chi connectivity index (χ4n) is 4.47. The molecule has 2 aliphatic rings. The van der Waals surface area contributed by atoms with Crippen molar-refractivity contribution >= 4 is 5.97 Å². The maximum absolute atomic E-state index is 11.8. The number of carbonyl (C=O) groups is 1. The SMILES string of the molecule is COC(=O)C1CC(O)C(OCC(O)C2CCCC(OC)C2OC)C(OC)C1. The van der Waals surface area contributed by atoms with Crippen molar-refractivity contribution in [2.24, 2.45) is 11.8 Å². The normalized spacial score (nSPS) is 38.4. The highest BCUT2D eigenvalue weighted by atomic mass is 16.6. The van der Waals surface area contributed by atoms with Gasteiger partial charge in [-0.2, -0.15) is 0 Å². The number of aliphatic hydroxyl groups excluding tert-OH is 2. The van der Waals surface area contributed by atoms with Crippen LogP contribution in [0.3, 0.4) is 0 Å². The van der Waals surface area contributed by atoms with E-state index in [1.165, 1.54) is 14.2 Å². The van der Waals surface area contributed by atoms with Crippen LogP contribution in [0, 0.1) is 11.8 Å². The zero-order valence-corrected chi connectivity index (χ0v) is 16.7. The Bertz CT molecular complexity index is 459. The minimum Gasteiger partial charge on any atom is -0.469 e. The summed E-state index contributed by atoms with van der Waals surface area (Å²) in [6, 6.07) is 0. The largest absolute Gasteiger partial charge is 0.469 e. The molecule has 0 aliphatic heterocycles. The highest BCUT2D eigenvalue weighted by Gasteiger charge is 2.43. The molecule has 0 amide bonds. The number of carbonyl (C=O) groups excluding carboxylic acids is 1. The van der Waals surface area contributed by atoms with Crippen molar-refractivity contribution in [3.63, 3.8) is 0 Å². The average Bonchev–Trinajstić information content (AvgIpc) is 2.70. The summed E-state index contributed by atoms with van der Waals surface area (Å²) >= 11 is 0. The van der Waals surface area contributed by atoms with E-state index in [2.05, 4.69) is 0 Å². The lowest BCUT2D eigenvalue weighted by Crippen LogP contribution is -2.51. The van der Waals surface area contributed by atoms with Crippen LogP contribution in [0.15, 0.2) is 0 Å². The molecule has 8 atom stereocenters. The molecule has 0 radical (unpaired) electrons. The van der Waals surface area contributed by atoms with Crippen LogP contribution < -0.4 is 0 Å². The second-order valence-electron chi connectivity index (χ2n) is 7.47. The van der Waals surface area contributed by atoms with E-state index in [-0.39, 0.29) is 37.1 Å². The zero-order valence-electron chi connectivity index (χ0n) is 16.7. The van der Waals surface area contributed by atoms with E-state index in [9.17, 15) is 15.0 Å². The number of hydrogen-bond donors (Lipinski definition) is 2. The Balaban J connectivity index is 1.94. The van der Waals surface area contributed by atoms with Crippen molar-refractivity contribution in [2.45, 2.75) is 68.7 Å². The molecular weight excluding hydrogens is 356 g/mol. The standard InChI is InChI=1S/C19H34O8/c1-23-15-7-5-6-12(17(15)25-3)14(21)10-27-18-13(20)8-11(19(22)26-4)9-16(18)24-2/h11-18,20-21H,5-10H2,1-4H3. The van der Waals surface area contributed by atoms with E-state index in [0.717, 1.165) is 19.3 Å². The van der Waals surface area contributed by atoms with Crippen LogP contribution in [0.2, 0.25) is 0 Å². The van der Waals surface area contributed by atoms with Gasteiger partial charge in [0.2, 0.25) is 0 Å². The molecule has 2 N–H and O–H groups in total. The first-order valence-electron chi connectivity index (χ1n) is 9.60. The first kappa shape index (κ1) is 22.5. The average molecular weight is 390 g/mol. The molecule has 0 saturated heterocycles. The van der Waals surface area contributed by atoms with E-state index in [0.29, 0.717) is 6.42 Å². The molecule has 8 heteroatoms. The molecule has 0 bridgehead atoms. The summed E-state index contributed by atoms with van der Waals surface area (Å²) < 4.78 is 27.1. The first-order valence-corrected chi connectivity index (χ1v) is 9.60. The Morgan fingerprint density at radius 1 is 1.00 bits per heavy atom. The van der Waals surface area contributed by atoms with Gasteiger partial charge in [0.15, 0.2) is 0 Å². The quantitative estimate of drug-likeness (QED) is 0.578. The maximum Gasteiger partial charge on any atom is 0.308 e. The van der Waals surface area contributed by atoms with Gasteiger partial charge >= 0.3 is 5.97 Å². The van der Waals surface area contributed by atoms with Crippen LogP contribution in [0.5, 0.6) is 0 Å². The van der Waals surface area contributed by atoms with Crippen molar-refractivity contribution in [3.8, 4) is 0 Å². The molecule has 2 rings (SSSR count). The van der Waals surface area contributed by atoms with Crippen molar-refractivity contribution < 1.29 is 38.7 Å². The van der Waals surface area contributed by atoms with Gasteiger partial charge in [0.1, 0.15) is 6.10 Å². The van der Waals surface area contributed by atoms with Crippen LogP contribution in [0.4, 0.5) is 0 Å². The van der Waals surface area contributed by atoms with Crippen LogP contribution in [0.25, 0.3) is 0 Å². The van der Waals surface area contributed by atoms with Crippen molar-refractivity contribution in [1.82, 2.24) is 0 Å².